The summed E-state index contributed by atoms with van der Waals surface area (Å²) >= 11 is 0. The highest BCUT2D eigenvalue weighted by atomic mass is 16.5. The summed E-state index contributed by atoms with van der Waals surface area (Å²) in [7, 11) is 1.60. The monoisotopic (exact) mass is 358 g/mol. The lowest BCUT2D eigenvalue weighted by molar-refractivity contribution is -0.123. The standard InChI is InChI=1S/C20H30N4O2/c1-15(10-13-24-11-4-3-5-12-24)20(25)23-19(22)14-18(21)16-6-8-17(26-2)9-7-16/h6-9,14-15H,3-5,10-13,21H2,1-2H3,(H2,22,23,25). The van der Waals surface area contributed by atoms with Crippen molar-refractivity contribution in [2.24, 2.45) is 11.7 Å². The van der Waals surface area contributed by atoms with Crippen molar-refractivity contribution in [1.29, 1.82) is 5.41 Å². The summed E-state index contributed by atoms with van der Waals surface area (Å²) in [6.07, 6.45) is 6.08. The Balaban J connectivity index is 1.81. The van der Waals surface area contributed by atoms with Crippen LogP contribution in [-0.4, -0.2) is 43.4 Å². The quantitative estimate of drug-likeness (QED) is 0.516. The molecule has 1 unspecified atom stereocenters. The van der Waals surface area contributed by atoms with Gasteiger partial charge in [0, 0.05) is 17.7 Å². The van der Waals surface area contributed by atoms with Crippen molar-refractivity contribution in [3.05, 3.63) is 35.9 Å². The van der Waals surface area contributed by atoms with Crippen molar-refractivity contribution in [2.75, 3.05) is 26.7 Å². The number of carbonyl (C=O) groups excluding carboxylic acids is 1. The van der Waals surface area contributed by atoms with Gasteiger partial charge in [-0.25, -0.2) is 0 Å². The minimum atomic E-state index is -0.134. The Hall–Kier alpha value is -2.34. The third-order valence-corrected chi connectivity index (χ3v) is 4.76. The number of methoxy groups -OCH3 is 1. The van der Waals surface area contributed by atoms with E-state index in [0.717, 1.165) is 37.4 Å². The van der Waals surface area contributed by atoms with Gasteiger partial charge in [-0.2, -0.15) is 0 Å². The van der Waals surface area contributed by atoms with E-state index in [4.69, 9.17) is 15.9 Å². The molecular formula is C20H30N4O2. The van der Waals surface area contributed by atoms with Crippen LogP contribution < -0.4 is 15.8 Å². The van der Waals surface area contributed by atoms with E-state index in [-0.39, 0.29) is 17.7 Å². The largest absolute Gasteiger partial charge is 0.497 e. The van der Waals surface area contributed by atoms with Gasteiger partial charge in [0.25, 0.3) is 0 Å². The minimum Gasteiger partial charge on any atom is -0.497 e. The summed E-state index contributed by atoms with van der Waals surface area (Å²) in [6.45, 7) is 5.10. The summed E-state index contributed by atoms with van der Waals surface area (Å²) in [6, 6.07) is 7.25. The molecule has 26 heavy (non-hydrogen) atoms. The van der Waals surface area contributed by atoms with Gasteiger partial charge in [0.15, 0.2) is 0 Å². The Morgan fingerprint density at radius 3 is 2.58 bits per heavy atom. The van der Waals surface area contributed by atoms with Crippen molar-refractivity contribution in [1.82, 2.24) is 10.2 Å². The van der Waals surface area contributed by atoms with Gasteiger partial charge in [-0.15, -0.1) is 0 Å². The SMILES string of the molecule is COc1ccc(C(N)=CC(=N)NC(=O)C(C)CCN2CCCCC2)cc1. The molecule has 0 aromatic heterocycles. The van der Waals surface area contributed by atoms with Crippen LogP contribution in [0.2, 0.25) is 0 Å². The highest BCUT2D eigenvalue weighted by Gasteiger charge is 2.17. The predicted octanol–water partition coefficient (Wildman–Crippen LogP) is 2.60. The van der Waals surface area contributed by atoms with E-state index in [9.17, 15) is 4.79 Å². The van der Waals surface area contributed by atoms with Gasteiger partial charge in [0.1, 0.15) is 11.6 Å². The highest BCUT2D eigenvalue weighted by molar-refractivity contribution is 6.06. The molecule has 0 aliphatic carbocycles. The summed E-state index contributed by atoms with van der Waals surface area (Å²) in [5.74, 6) is 0.485. The number of hydrogen-bond acceptors (Lipinski definition) is 5. The van der Waals surface area contributed by atoms with Crippen molar-refractivity contribution in [3.63, 3.8) is 0 Å². The molecule has 142 valence electrons. The number of amidine groups is 1. The van der Waals surface area contributed by atoms with E-state index >= 15 is 0 Å². The molecule has 4 N–H and O–H groups in total. The molecule has 1 aromatic rings. The van der Waals surface area contributed by atoms with E-state index in [1.807, 2.05) is 19.1 Å². The fourth-order valence-corrected chi connectivity index (χ4v) is 3.00. The summed E-state index contributed by atoms with van der Waals surface area (Å²) in [4.78, 5) is 14.7. The molecular weight excluding hydrogens is 328 g/mol. The van der Waals surface area contributed by atoms with Crippen molar-refractivity contribution in [2.45, 2.75) is 32.6 Å². The second kappa shape index (κ2) is 9.97. The Bertz CT molecular complexity index is 634. The number of carbonyl (C=O) groups is 1. The molecule has 1 fully saturated rings. The first-order valence-electron chi connectivity index (χ1n) is 9.23. The number of nitrogens with one attached hydrogen (secondary N) is 2. The number of likely N-dealkylation sites (tertiary alicyclic amines) is 1. The molecule has 6 nitrogen and oxygen atoms in total. The smallest absolute Gasteiger partial charge is 0.228 e. The Kier molecular flexibility index (Phi) is 7.66. The van der Waals surface area contributed by atoms with Crippen LogP contribution in [0.3, 0.4) is 0 Å². The van der Waals surface area contributed by atoms with Gasteiger partial charge in [-0.3, -0.25) is 10.2 Å². The van der Waals surface area contributed by atoms with Crippen molar-refractivity contribution in [3.8, 4) is 5.75 Å². The molecule has 1 aliphatic rings. The first kappa shape index (κ1) is 20.0. The number of amides is 1. The normalized spacial score (nSPS) is 16.8. The van der Waals surface area contributed by atoms with Gasteiger partial charge in [0.05, 0.1) is 7.11 Å². The number of nitrogens with two attached hydrogens (primary N) is 1. The van der Waals surface area contributed by atoms with E-state index in [2.05, 4.69) is 10.2 Å². The number of hydrogen-bond donors (Lipinski definition) is 3. The molecule has 1 saturated heterocycles. The van der Waals surface area contributed by atoms with E-state index in [1.54, 1.807) is 19.2 Å². The molecule has 0 bridgehead atoms. The fraction of sp³-hybridized carbons (Fsp3) is 0.500. The molecule has 2 rings (SSSR count). The first-order valence-corrected chi connectivity index (χ1v) is 9.23. The lowest BCUT2D eigenvalue weighted by Crippen LogP contribution is -2.36. The summed E-state index contributed by atoms with van der Waals surface area (Å²) in [5, 5.41) is 10.6. The summed E-state index contributed by atoms with van der Waals surface area (Å²) < 4.78 is 5.11. The molecule has 0 spiro atoms. The molecule has 1 atom stereocenters. The second-order valence-corrected chi connectivity index (χ2v) is 6.82. The maximum absolute atomic E-state index is 12.3. The molecule has 1 aliphatic heterocycles. The third kappa shape index (κ3) is 6.19. The maximum Gasteiger partial charge on any atom is 0.228 e. The highest BCUT2D eigenvalue weighted by Crippen LogP contribution is 2.15. The lowest BCUT2D eigenvalue weighted by atomic mass is 10.0. The van der Waals surface area contributed by atoms with Crippen LogP contribution >= 0.6 is 0 Å². The van der Waals surface area contributed by atoms with Crippen LogP contribution in [0.15, 0.2) is 30.3 Å². The third-order valence-electron chi connectivity index (χ3n) is 4.76. The average Bonchev–Trinajstić information content (AvgIpc) is 2.66. The lowest BCUT2D eigenvalue weighted by Gasteiger charge is -2.27. The molecule has 0 saturated carbocycles. The molecule has 1 amide bonds. The van der Waals surface area contributed by atoms with Gasteiger partial charge < -0.3 is 20.7 Å². The van der Waals surface area contributed by atoms with Gasteiger partial charge in [-0.1, -0.05) is 13.3 Å². The molecule has 6 heteroatoms. The van der Waals surface area contributed by atoms with E-state index in [1.165, 1.54) is 25.3 Å². The van der Waals surface area contributed by atoms with Crippen molar-refractivity contribution < 1.29 is 9.53 Å². The first-order chi connectivity index (χ1) is 12.5. The fourth-order valence-electron chi connectivity index (χ4n) is 3.00. The van der Waals surface area contributed by atoms with Gasteiger partial charge in [0.2, 0.25) is 5.91 Å². The van der Waals surface area contributed by atoms with Crippen molar-refractivity contribution >= 4 is 17.4 Å². The maximum atomic E-state index is 12.3. The number of rotatable bonds is 7. The van der Waals surface area contributed by atoms with Crippen LogP contribution in [0.1, 0.15) is 38.2 Å². The van der Waals surface area contributed by atoms with E-state index in [0.29, 0.717) is 5.70 Å². The van der Waals surface area contributed by atoms with E-state index < -0.39 is 0 Å². The van der Waals surface area contributed by atoms with Crippen LogP contribution in [0.4, 0.5) is 0 Å². The zero-order chi connectivity index (χ0) is 18.9. The molecule has 1 heterocycles. The number of ether oxygens (including phenoxy) is 1. The Labute approximate surface area is 155 Å². The van der Waals surface area contributed by atoms with Gasteiger partial charge >= 0.3 is 0 Å². The van der Waals surface area contributed by atoms with Crippen LogP contribution in [0, 0.1) is 11.3 Å². The zero-order valence-electron chi connectivity index (χ0n) is 15.8. The zero-order valence-corrected chi connectivity index (χ0v) is 15.8. The summed E-state index contributed by atoms with van der Waals surface area (Å²) in [5.41, 5.74) is 7.23. The Morgan fingerprint density at radius 2 is 1.96 bits per heavy atom. The topological polar surface area (TPSA) is 91.4 Å². The number of piperidine rings is 1. The number of benzene rings is 1. The van der Waals surface area contributed by atoms with Crippen LogP contribution in [0.5, 0.6) is 5.75 Å². The number of nitrogens with zero attached hydrogens (tertiary/aromatic N) is 1. The van der Waals surface area contributed by atoms with Crippen LogP contribution in [0.25, 0.3) is 5.70 Å². The Morgan fingerprint density at radius 1 is 1.31 bits per heavy atom. The van der Waals surface area contributed by atoms with Gasteiger partial charge in [-0.05, 0) is 68.7 Å². The van der Waals surface area contributed by atoms with Crippen LogP contribution in [-0.2, 0) is 4.79 Å². The second-order valence-electron chi connectivity index (χ2n) is 6.82. The molecule has 1 aromatic carbocycles. The minimum absolute atomic E-state index is 0.00754. The average molecular weight is 358 g/mol. The molecule has 0 radical (unpaired) electrons. The predicted molar refractivity (Wildman–Crippen MR) is 105 cm³/mol.